The van der Waals surface area contributed by atoms with Crippen molar-refractivity contribution in [2.24, 2.45) is 0 Å². The van der Waals surface area contributed by atoms with E-state index in [1.54, 1.807) is 0 Å². The molecule has 1 aromatic carbocycles. The van der Waals surface area contributed by atoms with Crippen molar-refractivity contribution in [3.63, 3.8) is 0 Å². The van der Waals surface area contributed by atoms with Gasteiger partial charge in [-0.15, -0.1) is 0 Å². The number of nitrogens with zero attached hydrogens (tertiary/aromatic N) is 2. The molecule has 0 bridgehead atoms. The molecule has 2 rings (SSSR count). The molecule has 1 aliphatic rings. The molecule has 1 aromatic rings. The van der Waals surface area contributed by atoms with E-state index in [9.17, 15) is 13.2 Å². The number of halogens is 1. The number of likely N-dealkylation sites (tertiary alicyclic amines) is 1. The maximum absolute atomic E-state index is 12.2. The van der Waals surface area contributed by atoms with Gasteiger partial charge in [0.25, 0.3) is 0 Å². The van der Waals surface area contributed by atoms with E-state index in [1.165, 1.54) is 58.0 Å². The maximum atomic E-state index is 12.2. The highest BCUT2D eigenvalue weighted by Crippen LogP contribution is 2.26. The van der Waals surface area contributed by atoms with Crippen LogP contribution in [0.3, 0.4) is 0 Å². The summed E-state index contributed by atoms with van der Waals surface area (Å²) < 4.78 is 25.5. The molecular weight excluding hydrogens is 362 g/mol. The summed E-state index contributed by atoms with van der Waals surface area (Å²) in [6.07, 6.45) is 5.23. The Bertz CT molecular complexity index is 699. The molecular formula is C17H26ClN3O3S. The Hall–Kier alpha value is -1.15. The van der Waals surface area contributed by atoms with E-state index in [4.69, 9.17) is 11.6 Å². The van der Waals surface area contributed by atoms with E-state index in [0.717, 1.165) is 17.4 Å². The van der Waals surface area contributed by atoms with Crippen LogP contribution in [0.4, 0.5) is 5.69 Å². The Morgan fingerprint density at radius 1 is 1.20 bits per heavy atom. The topological polar surface area (TPSA) is 69.7 Å². The van der Waals surface area contributed by atoms with Crippen LogP contribution in [0.1, 0.15) is 32.1 Å². The van der Waals surface area contributed by atoms with Crippen LogP contribution in [-0.2, 0) is 14.8 Å². The zero-order chi connectivity index (χ0) is 18.4. The van der Waals surface area contributed by atoms with Crippen LogP contribution in [0.25, 0.3) is 0 Å². The molecule has 0 aliphatic carbocycles. The summed E-state index contributed by atoms with van der Waals surface area (Å²) in [5, 5.41) is 3.06. The predicted molar refractivity (Wildman–Crippen MR) is 100 cm³/mol. The molecule has 0 radical (unpaired) electrons. The summed E-state index contributed by atoms with van der Waals surface area (Å²) in [6, 6.07) is 4.33. The fourth-order valence-corrected chi connectivity index (χ4v) is 3.90. The molecule has 25 heavy (non-hydrogen) atoms. The van der Waals surface area contributed by atoms with Gasteiger partial charge in [-0.3, -0.25) is 4.79 Å². The number of amides is 1. The van der Waals surface area contributed by atoms with Crippen molar-refractivity contribution in [3.8, 4) is 0 Å². The molecule has 0 atom stereocenters. The second-order valence-electron chi connectivity index (χ2n) is 6.48. The van der Waals surface area contributed by atoms with Gasteiger partial charge in [0.2, 0.25) is 15.9 Å². The van der Waals surface area contributed by atoms with Gasteiger partial charge in [-0.05, 0) is 44.1 Å². The van der Waals surface area contributed by atoms with Crippen molar-refractivity contribution < 1.29 is 13.2 Å². The molecule has 1 amide bonds. The molecule has 140 valence electrons. The lowest BCUT2D eigenvalue weighted by Gasteiger charge is -2.19. The first kappa shape index (κ1) is 20.2. The molecule has 0 unspecified atom stereocenters. The van der Waals surface area contributed by atoms with Crippen molar-refractivity contribution in [2.45, 2.75) is 37.0 Å². The second-order valence-corrected chi connectivity index (χ2v) is 9.04. The largest absolute Gasteiger partial charge is 0.325 e. The van der Waals surface area contributed by atoms with Crippen molar-refractivity contribution in [2.75, 3.05) is 39.0 Å². The number of carbonyl (C=O) groups is 1. The average molecular weight is 388 g/mol. The first-order chi connectivity index (χ1) is 11.8. The van der Waals surface area contributed by atoms with Crippen LogP contribution < -0.4 is 5.32 Å². The summed E-state index contributed by atoms with van der Waals surface area (Å²) in [6.45, 7) is 2.77. The highest BCUT2D eigenvalue weighted by Gasteiger charge is 2.19. The van der Waals surface area contributed by atoms with E-state index in [2.05, 4.69) is 10.2 Å². The van der Waals surface area contributed by atoms with Gasteiger partial charge in [0.1, 0.15) is 0 Å². The molecule has 1 heterocycles. The summed E-state index contributed by atoms with van der Waals surface area (Å²) in [4.78, 5) is 14.6. The Kier molecular flexibility index (Phi) is 7.25. The highest BCUT2D eigenvalue weighted by atomic mass is 35.5. The Morgan fingerprint density at radius 3 is 2.44 bits per heavy atom. The number of hydrogen-bond acceptors (Lipinski definition) is 4. The number of hydrogen-bond donors (Lipinski definition) is 1. The average Bonchev–Trinajstić information content (AvgIpc) is 2.83. The third kappa shape index (κ3) is 5.67. The van der Waals surface area contributed by atoms with E-state index < -0.39 is 10.0 Å². The van der Waals surface area contributed by atoms with E-state index >= 15 is 0 Å². The first-order valence-corrected chi connectivity index (χ1v) is 10.4. The summed E-state index contributed by atoms with van der Waals surface area (Å²) >= 11 is 6.11. The lowest BCUT2D eigenvalue weighted by molar-refractivity contribution is -0.116. The lowest BCUT2D eigenvalue weighted by Crippen LogP contribution is -2.28. The number of benzene rings is 1. The second kappa shape index (κ2) is 8.98. The first-order valence-electron chi connectivity index (χ1n) is 8.55. The predicted octanol–water partition coefficient (Wildman–Crippen LogP) is 2.79. The molecule has 6 nitrogen and oxygen atoms in total. The van der Waals surface area contributed by atoms with Gasteiger partial charge in [-0.2, -0.15) is 0 Å². The van der Waals surface area contributed by atoms with Gasteiger partial charge in [-0.25, -0.2) is 12.7 Å². The summed E-state index contributed by atoms with van der Waals surface area (Å²) in [5.74, 6) is -0.162. The van der Waals surface area contributed by atoms with Gasteiger partial charge in [0.15, 0.2) is 0 Å². The molecule has 0 saturated carbocycles. The van der Waals surface area contributed by atoms with E-state index in [-0.39, 0.29) is 10.8 Å². The number of carbonyl (C=O) groups excluding carboxylic acids is 1. The van der Waals surface area contributed by atoms with Gasteiger partial charge in [0.05, 0.1) is 15.6 Å². The van der Waals surface area contributed by atoms with E-state index in [0.29, 0.717) is 23.7 Å². The van der Waals surface area contributed by atoms with Crippen LogP contribution in [0.15, 0.2) is 23.1 Å². The maximum Gasteiger partial charge on any atom is 0.242 e. The zero-order valence-corrected chi connectivity index (χ0v) is 16.4. The molecule has 0 spiro atoms. The number of rotatable bonds is 6. The Morgan fingerprint density at radius 2 is 1.84 bits per heavy atom. The van der Waals surface area contributed by atoms with Crippen LogP contribution >= 0.6 is 11.6 Å². The minimum absolute atomic E-state index is 0.102. The molecule has 1 N–H and O–H groups in total. The van der Waals surface area contributed by atoms with Crippen molar-refractivity contribution in [1.29, 1.82) is 0 Å². The van der Waals surface area contributed by atoms with E-state index in [1.807, 2.05) is 0 Å². The fraction of sp³-hybridized carbons (Fsp3) is 0.588. The molecule has 0 aromatic heterocycles. The minimum Gasteiger partial charge on any atom is -0.325 e. The molecule has 1 fully saturated rings. The summed E-state index contributed by atoms with van der Waals surface area (Å²) in [7, 11) is -0.647. The van der Waals surface area contributed by atoms with Gasteiger partial charge in [-0.1, -0.05) is 24.4 Å². The number of nitrogens with one attached hydrogen (secondary N) is 1. The zero-order valence-electron chi connectivity index (χ0n) is 14.8. The van der Waals surface area contributed by atoms with Crippen molar-refractivity contribution >= 4 is 33.2 Å². The highest BCUT2D eigenvalue weighted by molar-refractivity contribution is 7.89. The lowest BCUT2D eigenvalue weighted by atomic mass is 10.2. The minimum atomic E-state index is -3.57. The van der Waals surface area contributed by atoms with Crippen LogP contribution in [0.2, 0.25) is 5.02 Å². The van der Waals surface area contributed by atoms with Gasteiger partial charge < -0.3 is 10.2 Å². The fourth-order valence-electron chi connectivity index (χ4n) is 2.80. The number of sulfonamides is 1. The standard InChI is InChI=1S/C17H26ClN3O3S/c1-20(2)25(23,24)14-7-8-15(18)16(13-14)19-17(22)9-12-21-10-5-3-4-6-11-21/h7-8,13H,3-6,9-12H2,1-2H3,(H,19,22). The molecule has 1 aliphatic heterocycles. The van der Waals surface area contributed by atoms with Crippen LogP contribution in [0.5, 0.6) is 0 Å². The number of anilines is 1. The summed E-state index contributed by atoms with van der Waals surface area (Å²) in [5.41, 5.74) is 0.324. The SMILES string of the molecule is CN(C)S(=O)(=O)c1ccc(Cl)c(NC(=O)CCN2CCCCCC2)c1. The third-order valence-electron chi connectivity index (χ3n) is 4.34. The normalized spacial score (nSPS) is 16.6. The molecule has 1 saturated heterocycles. The van der Waals surface area contributed by atoms with Crippen LogP contribution in [0, 0.1) is 0 Å². The Labute approximate surface area is 155 Å². The van der Waals surface area contributed by atoms with Gasteiger partial charge in [0, 0.05) is 27.1 Å². The smallest absolute Gasteiger partial charge is 0.242 e. The van der Waals surface area contributed by atoms with Gasteiger partial charge >= 0.3 is 0 Å². The Balaban J connectivity index is 2.00. The van der Waals surface area contributed by atoms with Crippen LogP contribution in [-0.4, -0.2) is 57.3 Å². The quantitative estimate of drug-likeness (QED) is 0.814. The van der Waals surface area contributed by atoms with Crippen molar-refractivity contribution in [1.82, 2.24) is 9.21 Å². The molecule has 8 heteroatoms. The monoisotopic (exact) mass is 387 g/mol. The third-order valence-corrected chi connectivity index (χ3v) is 6.48. The van der Waals surface area contributed by atoms with Crippen molar-refractivity contribution in [3.05, 3.63) is 23.2 Å².